The van der Waals surface area contributed by atoms with E-state index in [0.29, 0.717) is 11.5 Å². The van der Waals surface area contributed by atoms with Crippen molar-refractivity contribution in [3.05, 3.63) is 33.5 Å². The van der Waals surface area contributed by atoms with Gasteiger partial charge in [-0.25, -0.2) is 4.98 Å². The number of anilines is 3. The molecule has 6 heteroatoms. The minimum Gasteiger partial charge on any atom is -0.396 e. The first-order valence-electron chi connectivity index (χ1n) is 5.15. The Labute approximate surface area is 109 Å². The van der Waals surface area contributed by atoms with Gasteiger partial charge < -0.3 is 16.8 Å². The number of nitrogens with zero attached hydrogens (tertiary/aromatic N) is 1. The molecule has 0 aliphatic carbocycles. The van der Waals surface area contributed by atoms with Crippen LogP contribution < -0.4 is 16.8 Å². The molecule has 0 saturated carbocycles. The molecule has 2 aromatic heterocycles. The highest BCUT2D eigenvalue weighted by Crippen LogP contribution is 2.21. The second-order valence-electron chi connectivity index (χ2n) is 3.55. The maximum absolute atomic E-state index is 5.85. The molecule has 4 nitrogen and oxygen atoms in total. The lowest BCUT2D eigenvalue weighted by molar-refractivity contribution is 1.03. The SMILES string of the molecule is Nc1ccc(NCCc2ccc(Cl)s2)nc1N. The molecule has 2 rings (SSSR count). The van der Waals surface area contributed by atoms with Gasteiger partial charge in [0.25, 0.3) is 0 Å². The Morgan fingerprint density at radius 3 is 2.71 bits per heavy atom. The quantitative estimate of drug-likeness (QED) is 0.797. The van der Waals surface area contributed by atoms with E-state index >= 15 is 0 Å². The zero-order valence-electron chi connectivity index (χ0n) is 9.11. The van der Waals surface area contributed by atoms with E-state index in [4.69, 9.17) is 23.1 Å². The third-order valence-corrected chi connectivity index (χ3v) is 3.55. The summed E-state index contributed by atoms with van der Waals surface area (Å²) in [5.74, 6) is 1.09. The van der Waals surface area contributed by atoms with Gasteiger partial charge in [0.05, 0.1) is 10.0 Å². The molecule has 90 valence electrons. The first kappa shape index (κ1) is 12.0. The predicted molar refractivity (Wildman–Crippen MR) is 74.6 cm³/mol. The highest BCUT2D eigenvalue weighted by atomic mass is 35.5. The Balaban J connectivity index is 1.87. The molecule has 0 unspecified atom stereocenters. The molecule has 0 saturated heterocycles. The van der Waals surface area contributed by atoms with Gasteiger partial charge in [-0.05, 0) is 30.7 Å². The van der Waals surface area contributed by atoms with Gasteiger partial charge in [0.1, 0.15) is 11.6 Å². The van der Waals surface area contributed by atoms with Crippen LogP contribution in [0, 0.1) is 0 Å². The van der Waals surface area contributed by atoms with Crippen molar-refractivity contribution in [3.8, 4) is 0 Å². The van der Waals surface area contributed by atoms with Gasteiger partial charge >= 0.3 is 0 Å². The fraction of sp³-hybridized carbons (Fsp3) is 0.182. The smallest absolute Gasteiger partial charge is 0.149 e. The number of pyridine rings is 1. The Hall–Kier alpha value is -1.46. The Bertz CT molecular complexity index is 512. The molecule has 0 bridgehead atoms. The second-order valence-corrected chi connectivity index (χ2v) is 5.35. The Morgan fingerprint density at radius 2 is 2.06 bits per heavy atom. The molecular weight excluding hydrogens is 256 g/mol. The Morgan fingerprint density at radius 1 is 1.24 bits per heavy atom. The molecule has 0 radical (unpaired) electrons. The predicted octanol–water partition coefficient (Wildman–Crippen LogP) is 2.62. The van der Waals surface area contributed by atoms with Gasteiger partial charge in [-0.15, -0.1) is 11.3 Å². The summed E-state index contributed by atoms with van der Waals surface area (Å²) in [6.07, 6.45) is 0.906. The van der Waals surface area contributed by atoms with Crippen LogP contribution in [0.5, 0.6) is 0 Å². The normalized spacial score (nSPS) is 10.4. The van der Waals surface area contributed by atoms with Crippen LogP contribution in [0.1, 0.15) is 4.88 Å². The van der Waals surface area contributed by atoms with E-state index in [9.17, 15) is 0 Å². The molecule has 0 fully saturated rings. The average molecular weight is 269 g/mol. The largest absolute Gasteiger partial charge is 0.396 e. The van der Waals surface area contributed by atoms with Crippen molar-refractivity contribution in [3.63, 3.8) is 0 Å². The fourth-order valence-corrected chi connectivity index (χ4v) is 2.47. The molecule has 2 aromatic rings. The summed E-state index contributed by atoms with van der Waals surface area (Å²) < 4.78 is 0.815. The van der Waals surface area contributed by atoms with Crippen LogP contribution in [0.3, 0.4) is 0 Å². The number of rotatable bonds is 4. The van der Waals surface area contributed by atoms with E-state index in [1.807, 2.05) is 18.2 Å². The van der Waals surface area contributed by atoms with Crippen molar-refractivity contribution in [1.82, 2.24) is 4.98 Å². The minimum atomic E-state index is 0.356. The highest BCUT2D eigenvalue weighted by molar-refractivity contribution is 7.16. The molecule has 0 aliphatic rings. The van der Waals surface area contributed by atoms with Crippen LogP contribution in [-0.2, 0) is 6.42 Å². The van der Waals surface area contributed by atoms with E-state index in [2.05, 4.69) is 10.3 Å². The summed E-state index contributed by atoms with van der Waals surface area (Å²) in [4.78, 5) is 5.37. The van der Waals surface area contributed by atoms with E-state index in [-0.39, 0.29) is 0 Å². The average Bonchev–Trinajstić information content (AvgIpc) is 2.70. The van der Waals surface area contributed by atoms with Crippen molar-refractivity contribution < 1.29 is 0 Å². The summed E-state index contributed by atoms with van der Waals surface area (Å²) in [6, 6.07) is 7.49. The number of halogens is 1. The third-order valence-electron chi connectivity index (χ3n) is 2.26. The van der Waals surface area contributed by atoms with Crippen molar-refractivity contribution in [2.75, 3.05) is 23.3 Å². The lowest BCUT2D eigenvalue weighted by atomic mass is 10.3. The number of hydrogen-bond donors (Lipinski definition) is 3. The molecule has 0 atom stereocenters. The molecule has 0 aliphatic heterocycles. The molecule has 0 aromatic carbocycles. The van der Waals surface area contributed by atoms with Gasteiger partial charge in [-0.2, -0.15) is 0 Å². The van der Waals surface area contributed by atoms with Crippen molar-refractivity contribution in [2.24, 2.45) is 0 Å². The minimum absolute atomic E-state index is 0.356. The first-order chi connectivity index (χ1) is 8.15. The van der Waals surface area contributed by atoms with Crippen LogP contribution in [0.4, 0.5) is 17.3 Å². The van der Waals surface area contributed by atoms with Crippen LogP contribution in [0.15, 0.2) is 24.3 Å². The number of nitrogens with two attached hydrogens (primary N) is 2. The maximum Gasteiger partial charge on any atom is 0.149 e. The monoisotopic (exact) mass is 268 g/mol. The van der Waals surface area contributed by atoms with E-state index in [1.165, 1.54) is 4.88 Å². The highest BCUT2D eigenvalue weighted by Gasteiger charge is 2.00. The van der Waals surface area contributed by atoms with E-state index in [0.717, 1.165) is 23.1 Å². The van der Waals surface area contributed by atoms with Gasteiger partial charge in [0.15, 0.2) is 0 Å². The van der Waals surface area contributed by atoms with Gasteiger partial charge in [-0.1, -0.05) is 11.6 Å². The number of nitrogen functional groups attached to an aromatic ring is 2. The number of hydrogen-bond acceptors (Lipinski definition) is 5. The summed E-state index contributed by atoms with van der Waals surface area (Å²) in [6.45, 7) is 0.785. The van der Waals surface area contributed by atoms with Gasteiger partial charge in [0, 0.05) is 11.4 Å². The summed E-state index contributed by atoms with van der Waals surface area (Å²) in [7, 11) is 0. The topological polar surface area (TPSA) is 77.0 Å². The van der Waals surface area contributed by atoms with Crippen molar-refractivity contribution in [2.45, 2.75) is 6.42 Å². The molecule has 0 amide bonds. The van der Waals surface area contributed by atoms with Crippen LogP contribution in [0.25, 0.3) is 0 Å². The number of thiophene rings is 1. The third kappa shape index (κ3) is 3.25. The van der Waals surface area contributed by atoms with E-state index in [1.54, 1.807) is 17.4 Å². The van der Waals surface area contributed by atoms with Gasteiger partial charge in [-0.3, -0.25) is 0 Å². The van der Waals surface area contributed by atoms with E-state index < -0.39 is 0 Å². The summed E-state index contributed by atoms with van der Waals surface area (Å²) in [5, 5.41) is 3.19. The zero-order chi connectivity index (χ0) is 12.3. The summed E-state index contributed by atoms with van der Waals surface area (Å²) in [5.41, 5.74) is 11.7. The first-order valence-corrected chi connectivity index (χ1v) is 6.34. The lowest BCUT2D eigenvalue weighted by Gasteiger charge is -2.06. The van der Waals surface area contributed by atoms with Crippen LogP contribution >= 0.6 is 22.9 Å². The second kappa shape index (κ2) is 5.25. The molecular formula is C11H13ClN4S. The number of nitrogens with one attached hydrogen (secondary N) is 1. The molecule has 2 heterocycles. The molecule has 5 N–H and O–H groups in total. The summed E-state index contributed by atoms with van der Waals surface area (Å²) >= 11 is 7.44. The lowest BCUT2D eigenvalue weighted by Crippen LogP contribution is -2.07. The Kier molecular flexibility index (Phi) is 3.71. The standard InChI is InChI=1S/C11H13ClN4S/c12-9-3-1-7(17-9)5-6-15-10-4-2-8(13)11(14)16-10/h1-4H,5-6,13H2,(H3,14,15,16). The maximum atomic E-state index is 5.85. The van der Waals surface area contributed by atoms with Crippen LogP contribution in [0.2, 0.25) is 4.34 Å². The van der Waals surface area contributed by atoms with Crippen LogP contribution in [-0.4, -0.2) is 11.5 Å². The fourth-order valence-electron chi connectivity index (χ4n) is 1.38. The van der Waals surface area contributed by atoms with Gasteiger partial charge in [0.2, 0.25) is 0 Å². The molecule has 17 heavy (non-hydrogen) atoms. The van der Waals surface area contributed by atoms with Crippen molar-refractivity contribution >= 4 is 40.3 Å². The van der Waals surface area contributed by atoms with Crippen molar-refractivity contribution in [1.29, 1.82) is 0 Å². The number of aromatic nitrogens is 1. The zero-order valence-corrected chi connectivity index (χ0v) is 10.7. The molecule has 0 spiro atoms.